The van der Waals surface area contributed by atoms with E-state index in [0.29, 0.717) is 30.5 Å². The number of phenolic OH excluding ortho intramolecular Hbond substituents is 1. The summed E-state index contributed by atoms with van der Waals surface area (Å²) in [4.78, 5) is 29.5. The van der Waals surface area contributed by atoms with E-state index in [0.717, 1.165) is 17.9 Å². The molecule has 2 aromatic carbocycles. The Kier molecular flexibility index (Phi) is 5.93. The molecule has 4 rings (SSSR count). The van der Waals surface area contributed by atoms with Crippen molar-refractivity contribution >= 4 is 17.4 Å². The number of hydrogen-bond donors (Lipinski definition) is 2. The molecule has 168 valence electrons. The smallest absolute Gasteiger partial charge is 0.295 e. The van der Waals surface area contributed by atoms with Crippen molar-refractivity contribution < 1.29 is 24.5 Å². The molecule has 2 heterocycles. The van der Waals surface area contributed by atoms with Crippen molar-refractivity contribution in [2.45, 2.75) is 31.9 Å². The minimum absolute atomic E-state index is 0.0325. The van der Waals surface area contributed by atoms with Crippen molar-refractivity contribution in [3.63, 3.8) is 0 Å². The van der Waals surface area contributed by atoms with Gasteiger partial charge in [-0.3, -0.25) is 9.59 Å². The number of ketones is 1. The quantitative estimate of drug-likeness (QED) is 0.411. The summed E-state index contributed by atoms with van der Waals surface area (Å²) in [6.07, 6.45) is 1.44. The van der Waals surface area contributed by atoms with Crippen molar-refractivity contribution in [2.75, 3.05) is 27.2 Å². The Morgan fingerprint density at radius 2 is 1.97 bits per heavy atom. The summed E-state index contributed by atoms with van der Waals surface area (Å²) in [5.41, 5.74) is 2.04. The maximum atomic E-state index is 13.1. The molecule has 0 aromatic heterocycles. The Hall–Kier alpha value is -3.32. The lowest BCUT2D eigenvalue weighted by Crippen LogP contribution is -2.32. The van der Waals surface area contributed by atoms with E-state index in [1.807, 2.05) is 32.0 Å². The van der Waals surface area contributed by atoms with Crippen molar-refractivity contribution in [3.05, 3.63) is 64.7 Å². The fraction of sp³-hybridized carbons (Fsp3) is 0.360. The zero-order chi connectivity index (χ0) is 23.0. The molecule has 0 aliphatic carbocycles. The Balaban J connectivity index is 1.78. The van der Waals surface area contributed by atoms with Gasteiger partial charge in [-0.25, -0.2) is 0 Å². The molecule has 0 saturated carbocycles. The predicted octanol–water partition coefficient (Wildman–Crippen LogP) is 3.09. The first kappa shape index (κ1) is 21.9. The minimum atomic E-state index is -0.771. The molecule has 7 heteroatoms. The lowest BCUT2D eigenvalue weighted by Gasteiger charge is -2.26. The first-order valence-corrected chi connectivity index (χ1v) is 10.8. The van der Waals surface area contributed by atoms with Crippen LogP contribution in [0.1, 0.15) is 36.1 Å². The van der Waals surface area contributed by atoms with Gasteiger partial charge in [0.2, 0.25) is 0 Å². The third-order valence-corrected chi connectivity index (χ3v) is 5.90. The second-order valence-electron chi connectivity index (χ2n) is 8.70. The van der Waals surface area contributed by atoms with Crippen molar-refractivity contribution in [3.8, 4) is 11.5 Å². The number of carbonyl (C=O) groups is 2. The Bertz CT molecular complexity index is 1090. The van der Waals surface area contributed by atoms with E-state index in [1.54, 1.807) is 24.3 Å². The van der Waals surface area contributed by atoms with E-state index in [4.69, 9.17) is 4.74 Å². The lowest BCUT2D eigenvalue weighted by molar-refractivity contribution is -0.139. The number of benzene rings is 2. The molecular formula is C25H28N2O5. The van der Waals surface area contributed by atoms with Crippen LogP contribution in [0.2, 0.25) is 0 Å². The van der Waals surface area contributed by atoms with Crippen LogP contribution in [0.5, 0.6) is 11.5 Å². The number of Topliss-reactive ketones (excluding diaryl/α,β-unsaturated/α-hetero) is 1. The molecule has 0 unspecified atom stereocenters. The van der Waals surface area contributed by atoms with Gasteiger partial charge in [-0.2, -0.15) is 0 Å². The van der Waals surface area contributed by atoms with Gasteiger partial charge >= 0.3 is 0 Å². The zero-order valence-electron chi connectivity index (χ0n) is 18.5. The highest BCUT2D eigenvalue weighted by Crippen LogP contribution is 2.41. The molecule has 0 bridgehead atoms. The van der Waals surface area contributed by atoms with E-state index in [1.165, 1.54) is 17.0 Å². The molecule has 1 fully saturated rings. The molecule has 0 radical (unpaired) electrons. The summed E-state index contributed by atoms with van der Waals surface area (Å²) >= 11 is 0. The highest BCUT2D eigenvalue weighted by atomic mass is 16.5. The second-order valence-corrected chi connectivity index (χ2v) is 8.70. The number of carbonyl (C=O) groups excluding carboxylic acids is 2. The number of aromatic hydroxyl groups is 1. The maximum absolute atomic E-state index is 13.1. The van der Waals surface area contributed by atoms with Crippen LogP contribution < -0.4 is 4.74 Å². The van der Waals surface area contributed by atoms with E-state index < -0.39 is 17.7 Å². The maximum Gasteiger partial charge on any atom is 0.295 e. The van der Waals surface area contributed by atoms with Crippen molar-refractivity contribution in [1.82, 2.24) is 9.80 Å². The molecule has 2 N–H and O–H groups in total. The van der Waals surface area contributed by atoms with Crippen LogP contribution in [-0.4, -0.2) is 65.0 Å². The Morgan fingerprint density at radius 1 is 1.19 bits per heavy atom. The fourth-order valence-corrected chi connectivity index (χ4v) is 4.43. The molecule has 1 saturated heterocycles. The molecule has 2 aliphatic heterocycles. The third-order valence-electron chi connectivity index (χ3n) is 5.90. The minimum Gasteiger partial charge on any atom is -0.508 e. The van der Waals surface area contributed by atoms with E-state index in [2.05, 4.69) is 0 Å². The normalized spacial score (nSPS) is 21.8. The average Bonchev–Trinajstić information content (AvgIpc) is 3.24. The molecule has 0 spiro atoms. The number of nitrogens with zero attached hydrogens (tertiary/aromatic N) is 2. The lowest BCUT2D eigenvalue weighted by atomic mass is 9.94. The SMILES string of the molecule is C[C@@H]1Cc2cc(/C(O)=C3\C(=O)C(=O)N(CCCN(C)C)[C@H]3c3cccc(O)c3)ccc2O1. The third kappa shape index (κ3) is 4.08. The van der Waals surface area contributed by atoms with Crippen LogP contribution in [0.3, 0.4) is 0 Å². The molecule has 2 aromatic rings. The van der Waals surface area contributed by atoms with E-state index in [-0.39, 0.29) is 23.2 Å². The van der Waals surface area contributed by atoms with Gasteiger partial charge in [0.25, 0.3) is 11.7 Å². The zero-order valence-corrected chi connectivity index (χ0v) is 18.5. The van der Waals surface area contributed by atoms with Crippen LogP contribution in [0, 0.1) is 0 Å². The number of hydrogen-bond acceptors (Lipinski definition) is 6. The van der Waals surface area contributed by atoms with Crippen LogP contribution in [0.4, 0.5) is 0 Å². The highest BCUT2D eigenvalue weighted by Gasteiger charge is 2.46. The van der Waals surface area contributed by atoms with Gasteiger partial charge in [-0.15, -0.1) is 0 Å². The summed E-state index contributed by atoms with van der Waals surface area (Å²) in [6.45, 7) is 3.08. The van der Waals surface area contributed by atoms with Gasteiger partial charge in [0.1, 0.15) is 23.4 Å². The number of aliphatic hydroxyl groups excluding tert-OH is 1. The van der Waals surface area contributed by atoms with Crippen LogP contribution in [-0.2, 0) is 16.0 Å². The van der Waals surface area contributed by atoms with Gasteiger partial charge in [-0.05, 0) is 75.4 Å². The van der Waals surface area contributed by atoms with Crippen LogP contribution >= 0.6 is 0 Å². The van der Waals surface area contributed by atoms with Crippen LogP contribution in [0.25, 0.3) is 5.76 Å². The number of amides is 1. The number of aliphatic hydroxyl groups is 1. The number of fused-ring (bicyclic) bond motifs is 1. The fourth-order valence-electron chi connectivity index (χ4n) is 4.43. The first-order valence-electron chi connectivity index (χ1n) is 10.8. The summed E-state index contributed by atoms with van der Waals surface area (Å²) in [5.74, 6) is -0.774. The second kappa shape index (κ2) is 8.67. The molecule has 7 nitrogen and oxygen atoms in total. The largest absolute Gasteiger partial charge is 0.508 e. The van der Waals surface area contributed by atoms with E-state index in [9.17, 15) is 19.8 Å². The summed E-state index contributed by atoms with van der Waals surface area (Å²) in [5, 5.41) is 21.2. The monoisotopic (exact) mass is 436 g/mol. The molecule has 2 atom stereocenters. The van der Waals surface area contributed by atoms with Crippen molar-refractivity contribution in [1.29, 1.82) is 0 Å². The summed E-state index contributed by atoms with van der Waals surface area (Å²) < 4.78 is 5.73. The molecule has 32 heavy (non-hydrogen) atoms. The summed E-state index contributed by atoms with van der Waals surface area (Å²) in [7, 11) is 3.89. The van der Waals surface area contributed by atoms with Gasteiger partial charge < -0.3 is 24.7 Å². The number of phenols is 1. The predicted molar refractivity (Wildman–Crippen MR) is 121 cm³/mol. The highest BCUT2D eigenvalue weighted by molar-refractivity contribution is 6.46. The Labute approximate surface area is 187 Å². The van der Waals surface area contributed by atoms with E-state index >= 15 is 0 Å². The van der Waals surface area contributed by atoms with Gasteiger partial charge in [0.15, 0.2) is 0 Å². The Morgan fingerprint density at radius 3 is 2.69 bits per heavy atom. The van der Waals surface area contributed by atoms with Gasteiger partial charge in [0.05, 0.1) is 11.6 Å². The average molecular weight is 437 g/mol. The standard InChI is InChI=1S/C25H28N2O5/c1-15-12-18-13-17(8-9-20(18)32-15)23(29)21-22(16-6-4-7-19(28)14-16)27(25(31)24(21)30)11-5-10-26(2)3/h4,6-9,13-15,22,28-29H,5,10-12H2,1-3H3/b23-21+/t15-,22+/m1/s1. The number of ether oxygens (including phenoxy) is 1. The van der Waals surface area contributed by atoms with Crippen LogP contribution in [0.15, 0.2) is 48.0 Å². The van der Waals surface area contributed by atoms with Gasteiger partial charge in [0, 0.05) is 18.5 Å². The molecular weight excluding hydrogens is 408 g/mol. The number of rotatable bonds is 6. The first-order chi connectivity index (χ1) is 15.3. The topological polar surface area (TPSA) is 90.3 Å². The summed E-state index contributed by atoms with van der Waals surface area (Å²) in [6, 6.07) is 11.0. The number of likely N-dealkylation sites (tertiary alicyclic amines) is 1. The molecule has 2 aliphatic rings. The van der Waals surface area contributed by atoms with Crippen molar-refractivity contribution in [2.24, 2.45) is 0 Å². The van der Waals surface area contributed by atoms with Gasteiger partial charge in [-0.1, -0.05) is 12.1 Å². The molecule has 1 amide bonds.